The first-order valence-electron chi connectivity index (χ1n) is 8.79. The van der Waals surface area contributed by atoms with E-state index < -0.39 is 0 Å². The summed E-state index contributed by atoms with van der Waals surface area (Å²) in [6.45, 7) is 1.23. The Bertz CT molecular complexity index is 947. The standard InChI is InChI=1S/C20H20N4O2/c25-19-17(9-10-18(22-19)15-6-2-1-3-7-15)20(26)23-12-4-8-16(14-23)24-13-5-11-21-24/h1-3,5-7,9-11,13,16H,4,8,12,14H2,(H,22,25)/t16-/m0/s1. The van der Waals surface area contributed by atoms with Crippen LogP contribution in [0.5, 0.6) is 0 Å². The molecular formula is C20H20N4O2. The van der Waals surface area contributed by atoms with Gasteiger partial charge in [0, 0.05) is 31.2 Å². The van der Waals surface area contributed by atoms with Gasteiger partial charge in [-0.25, -0.2) is 0 Å². The van der Waals surface area contributed by atoms with Crippen LogP contribution >= 0.6 is 0 Å². The maximum Gasteiger partial charge on any atom is 0.261 e. The number of amides is 1. The minimum atomic E-state index is -0.349. The van der Waals surface area contributed by atoms with E-state index in [-0.39, 0.29) is 23.1 Å². The number of hydrogen-bond acceptors (Lipinski definition) is 3. The Kier molecular flexibility index (Phi) is 4.39. The van der Waals surface area contributed by atoms with Gasteiger partial charge in [0.05, 0.1) is 6.04 Å². The summed E-state index contributed by atoms with van der Waals surface area (Å²) >= 11 is 0. The van der Waals surface area contributed by atoms with E-state index in [0.717, 1.165) is 18.4 Å². The molecule has 4 rings (SSSR count). The molecule has 3 aromatic rings. The molecular weight excluding hydrogens is 328 g/mol. The number of nitrogens with zero attached hydrogens (tertiary/aromatic N) is 3. The van der Waals surface area contributed by atoms with Crippen LogP contribution in [0.4, 0.5) is 0 Å². The lowest BCUT2D eigenvalue weighted by Gasteiger charge is -2.32. The maximum atomic E-state index is 12.9. The molecule has 6 heteroatoms. The third-order valence-corrected chi connectivity index (χ3v) is 4.81. The van der Waals surface area contributed by atoms with Gasteiger partial charge in [-0.1, -0.05) is 30.3 Å². The highest BCUT2D eigenvalue weighted by atomic mass is 16.2. The highest BCUT2D eigenvalue weighted by Crippen LogP contribution is 2.22. The van der Waals surface area contributed by atoms with Crippen molar-refractivity contribution in [2.45, 2.75) is 18.9 Å². The first-order chi connectivity index (χ1) is 12.7. The van der Waals surface area contributed by atoms with E-state index in [1.54, 1.807) is 23.2 Å². The van der Waals surface area contributed by atoms with Crippen molar-refractivity contribution in [3.05, 3.63) is 76.8 Å². The Balaban J connectivity index is 1.55. The lowest BCUT2D eigenvalue weighted by molar-refractivity contribution is 0.0671. The fraction of sp³-hybridized carbons (Fsp3) is 0.250. The zero-order chi connectivity index (χ0) is 17.9. The minimum absolute atomic E-state index is 0.158. The van der Waals surface area contributed by atoms with E-state index in [2.05, 4.69) is 10.1 Å². The summed E-state index contributed by atoms with van der Waals surface area (Å²) in [6, 6.07) is 15.1. The second-order valence-corrected chi connectivity index (χ2v) is 6.51. The highest BCUT2D eigenvalue weighted by molar-refractivity contribution is 5.94. The predicted molar refractivity (Wildman–Crippen MR) is 98.9 cm³/mol. The highest BCUT2D eigenvalue weighted by Gasteiger charge is 2.27. The first kappa shape index (κ1) is 16.3. The maximum absolute atomic E-state index is 12.9. The van der Waals surface area contributed by atoms with Crippen molar-refractivity contribution in [1.82, 2.24) is 19.7 Å². The second kappa shape index (κ2) is 7.00. The molecule has 1 aliphatic heterocycles. The number of pyridine rings is 1. The van der Waals surface area contributed by atoms with Gasteiger partial charge in [-0.05, 0) is 36.6 Å². The minimum Gasteiger partial charge on any atom is -0.336 e. The van der Waals surface area contributed by atoms with Crippen molar-refractivity contribution in [3.63, 3.8) is 0 Å². The van der Waals surface area contributed by atoms with Crippen LogP contribution in [0.3, 0.4) is 0 Å². The number of nitrogens with one attached hydrogen (secondary N) is 1. The molecule has 132 valence electrons. The molecule has 3 heterocycles. The van der Waals surface area contributed by atoms with E-state index in [1.165, 1.54) is 0 Å². The number of carbonyl (C=O) groups is 1. The van der Waals surface area contributed by atoms with Crippen LogP contribution in [0.25, 0.3) is 11.3 Å². The number of H-pyrrole nitrogens is 1. The number of likely N-dealkylation sites (tertiary alicyclic amines) is 1. The molecule has 0 spiro atoms. The molecule has 26 heavy (non-hydrogen) atoms. The van der Waals surface area contributed by atoms with Crippen molar-refractivity contribution in [1.29, 1.82) is 0 Å². The van der Waals surface area contributed by atoms with Crippen LogP contribution in [-0.2, 0) is 0 Å². The van der Waals surface area contributed by atoms with Crippen molar-refractivity contribution < 1.29 is 4.79 Å². The van der Waals surface area contributed by atoms with Gasteiger partial charge >= 0.3 is 0 Å². The molecule has 1 N–H and O–H groups in total. The Morgan fingerprint density at radius 1 is 1.12 bits per heavy atom. The molecule has 0 radical (unpaired) electrons. The van der Waals surface area contributed by atoms with Crippen molar-refractivity contribution >= 4 is 5.91 Å². The van der Waals surface area contributed by atoms with Crippen molar-refractivity contribution in [2.75, 3.05) is 13.1 Å². The lowest BCUT2D eigenvalue weighted by Crippen LogP contribution is -2.42. The van der Waals surface area contributed by atoms with E-state index in [4.69, 9.17) is 0 Å². The fourth-order valence-corrected chi connectivity index (χ4v) is 3.45. The molecule has 2 aromatic heterocycles. The van der Waals surface area contributed by atoms with Crippen molar-refractivity contribution in [3.8, 4) is 11.3 Å². The number of hydrogen-bond donors (Lipinski definition) is 1. The zero-order valence-electron chi connectivity index (χ0n) is 14.3. The molecule has 1 atom stereocenters. The Morgan fingerprint density at radius 3 is 2.69 bits per heavy atom. The molecule has 1 saturated heterocycles. The number of rotatable bonds is 3. The van der Waals surface area contributed by atoms with Crippen LogP contribution < -0.4 is 5.56 Å². The number of carbonyl (C=O) groups excluding carboxylic acids is 1. The molecule has 1 amide bonds. The Hall–Kier alpha value is -3.15. The summed E-state index contributed by atoms with van der Waals surface area (Å²) in [5.74, 6) is -0.220. The average Bonchev–Trinajstić information content (AvgIpc) is 3.23. The third-order valence-electron chi connectivity index (χ3n) is 4.81. The van der Waals surface area contributed by atoms with E-state index >= 15 is 0 Å². The van der Waals surface area contributed by atoms with Gasteiger partial charge in [0.1, 0.15) is 5.56 Å². The summed E-state index contributed by atoms with van der Waals surface area (Å²) in [7, 11) is 0. The third kappa shape index (κ3) is 3.18. The fourth-order valence-electron chi connectivity index (χ4n) is 3.45. The van der Waals surface area contributed by atoms with Gasteiger partial charge in [0.25, 0.3) is 11.5 Å². The van der Waals surface area contributed by atoms with E-state index in [9.17, 15) is 9.59 Å². The molecule has 0 aliphatic carbocycles. The van der Waals surface area contributed by atoms with E-state index in [0.29, 0.717) is 18.8 Å². The SMILES string of the molecule is O=C(c1ccc(-c2ccccc2)[nH]c1=O)N1CCC[C@H](n2cccn2)C1. The zero-order valence-corrected chi connectivity index (χ0v) is 14.3. The summed E-state index contributed by atoms with van der Waals surface area (Å²) in [5, 5.41) is 4.28. The Labute approximate surface area is 151 Å². The van der Waals surface area contributed by atoms with Gasteiger partial charge < -0.3 is 9.88 Å². The topological polar surface area (TPSA) is 71.0 Å². The molecule has 6 nitrogen and oxygen atoms in total. The molecule has 1 aliphatic rings. The van der Waals surface area contributed by atoms with Gasteiger partial charge in [-0.15, -0.1) is 0 Å². The van der Waals surface area contributed by atoms with Crippen LogP contribution in [0.15, 0.2) is 65.7 Å². The quantitative estimate of drug-likeness (QED) is 0.791. The summed E-state index contributed by atoms with van der Waals surface area (Å²) in [5.41, 5.74) is 1.46. The summed E-state index contributed by atoms with van der Waals surface area (Å²) in [4.78, 5) is 29.9. The molecule has 0 unspecified atom stereocenters. The smallest absolute Gasteiger partial charge is 0.261 e. The lowest BCUT2D eigenvalue weighted by atomic mass is 10.0. The van der Waals surface area contributed by atoms with E-state index in [1.807, 2.05) is 47.3 Å². The number of aromatic nitrogens is 3. The largest absolute Gasteiger partial charge is 0.336 e. The number of benzene rings is 1. The van der Waals surface area contributed by atoms with Crippen LogP contribution in [0, 0.1) is 0 Å². The molecule has 1 aromatic carbocycles. The molecule has 0 bridgehead atoms. The average molecular weight is 348 g/mol. The van der Waals surface area contributed by atoms with Crippen molar-refractivity contribution in [2.24, 2.45) is 0 Å². The Morgan fingerprint density at radius 2 is 1.96 bits per heavy atom. The normalized spacial score (nSPS) is 17.2. The number of aromatic amines is 1. The van der Waals surface area contributed by atoms with Crippen LogP contribution in [-0.4, -0.2) is 38.7 Å². The van der Waals surface area contributed by atoms with Crippen LogP contribution in [0.2, 0.25) is 0 Å². The number of piperidine rings is 1. The summed E-state index contributed by atoms with van der Waals surface area (Å²) < 4.78 is 1.89. The first-order valence-corrected chi connectivity index (χ1v) is 8.79. The molecule has 1 fully saturated rings. The molecule has 0 saturated carbocycles. The second-order valence-electron chi connectivity index (χ2n) is 6.51. The summed E-state index contributed by atoms with van der Waals surface area (Å²) in [6.07, 6.45) is 5.54. The van der Waals surface area contributed by atoms with Gasteiger partial charge in [-0.3, -0.25) is 14.3 Å². The predicted octanol–water partition coefficient (Wildman–Crippen LogP) is 2.72. The van der Waals surface area contributed by atoms with Gasteiger partial charge in [-0.2, -0.15) is 5.10 Å². The van der Waals surface area contributed by atoms with Gasteiger partial charge in [0.15, 0.2) is 0 Å². The van der Waals surface area contributed by atoms with Gasteiger partial charge in [0.2, 0.25) is 0 Å². The van der Waals surface area contributed by atoms with Crippen LogP contribution in [0.1, 0.15) is 29.2 Å². The monoisotopic (exact) mass is 348 g/mol.